The van der Waals surface area contributed by atoms with E-state index >= 15 is 4.39 Å². The average molecular weight is 677 g/mol. The van der Waals surface area contributed by atoms with Crippen LogP contribution in [0.2, 0.25) is 0 Å². The summed E-state index contributed by atoms with van der Waals surface area (Å²) in [7, 11) is 0. The Balaban J connectivity index is 1.21. The molecule has 43 heavy (non-hydrogen) atoms. The maximum absolute atomic E-state index is 16.0. The number of hydrogen-bond donors (Lipinski definition) is 5. The molecule has 1 aliphatic carbocycles. The largest absolute Gasteiger partial charge is 0.388 e. The number of imidazole rings is 2. The lowest BCUT2D eigenvalue weighted by atomic mass is 10.1. The molecule has 2 aliphatic heterocycles. The maximum Gasteiger partial charge on any atom is 0.386 e. The summed E-state index contributed by atoms with van der Waals surface area (Å²) in [5.41, 5.74) is 12.7. The molecule has 0 aromatic carbocycles. The third-order valence-electron chi connectivity index (χ3n) is 7.42. The van der Waals surface area contributed by atoms with Gasteiger partial charge in [0.05, 0.1) is 31.4 Å². The van der Waals surface area contributed by atoms with E-state index in [4.69, 9.17) is 46.1 Å². The lowest BCUT2D eigenvalue weighted by molar-refractivity contribution is -0.0546. The molecule has 4 aromatic rings. The molecule has 0 spiro atoms. The summed E-state index contributed by atoms with van der Waals surface area (Å²) in [4.78, 5) is 35.5. The number of rotatable bonds is 2. The van der Waals surface area contributed by atoms with Crippen molar-refractivity contribution in [2.24, 2.45) is 0 Å². The third-order valence-corrected chi connectivity index (χ3v) is 10.6. The van der Waals surface area contributed by atoms with Crippen LogP contribution in [0, 0.1) is 0 Å². The second-order valence-corrected chi connectivity index (χ2v) is 15.6. The highest BCUT2D eigenvalue weighted by Gasteiger charge is 2.54. The molecule has 1 saturated carbocycles. The summed E-state index contributed by atoms with van der Waals surface area (Å²) in [5.74, 6) is 0.189. The monoisotopic (exact) mass is 676 g/mol. The first kappa shape index (κ1) is 29.3. The van der Waals surface area contributed by atoms with Gasteiger partial charge >= 0.3 is 13.5 Å². The molecular weight excluding hydrogens is 653 g/mol. The van der Waals surface area contributed by atoms with Crippen molar-refractivity contribution in [3.63, 3.8) is 0 Å². The Hall–Kier alpha value is -2.42. The standard InChI is InChI=1S/C20H23FN10O8P2S2/c21-10-15-9(36-20(10)31-6-29-12-17(23)25-4-27-19(12)31)2-35-40(33,42)38-14-7(1-8(13(14)32)37-41(34,43)39-15)30-5-28-11-16(22)24-3-26-18(11)30/h3-10,13-15,20,32H,1-2H2,(H,33,42)(H,34,43)(H2,22,24,26)(H2,23,25,27)/t7-,8+,9-,10+,13+,14+,15-,20-,40?,41?/m1/s1. The van der Waals surface area contributed by atoms with Gasteiger partial charge in [0.2, 0.25) is 0 Å². The van der Waals surface area contributed by atoms with Crippen LogP contribution in [0.4, 0.5) is 16.0 Å². The molecule has 3 aliphatic rings. The first-order valence-corrected chi connectivity index (χ1v) is 17.9. The smallest absolute Gasteiger partial charge is 0.386 e. The molecule has 6 N–H and O–H groups in total. The van der Waals surface area contributed by atoms with Crippen molar-refractivity contribution in [1.82, 2.24) is 39.0 Å². The van der Waals surface area contributed by atoms with Crippen molar-refractivity contribution < 1.29 is 41.8 Å². The van der Waals surface area contributed by atoms with E-state index in [-0.39, 0.29) is 34.7 Å². The highest BCUT2D eigenvalue weighted by Crippen LogP contribution is 2.61. The molecule has 0 radical (unpaired) electrons. The van der Waals surface area contributed by atoms with E-state index in [0.29, 0.717) is 5.65 Å². The number of ether oxygens (including phenoxy) is 1. The van der Waals surface area contributed by atoms with Gasteiger partial charge in [-0.1, -0.05) is 12.2 Å². The topological polar surface area (TPSA) is 243 Å². The summed E-state index contributed by atoms with van der Waals surface area (Å²) in [6, 6.07) is -0.815. The van der Waals surface area contributed by atoms with Crippen molar-refractivity contribution in [2.75, 3.05) is 18.1 Å². The van der Waals surface area contributed by atoms with Crippen LogP contribution in [-0.2, 0) is 39.2 Å². The Labute approximate surface area is 250 Å². The summed E-state index contributed by atoms with van der Waals surface area (Å²) in [5, 5.41) is 11.2. The summed E-state index contributed by atoms with van der Waals surface area (Å²) in [6.07, 6.45) is -5.28. The van der Waals surface area contributed by atoms with E-state index in [0.717, 1.165) is 0 Å². The van der Waals surface area contributed by atoms with E-state index < -0.39 is 69.1 Å². The van der Waals surface area contributed by atoms with E-state index in [1.807, 2.05) is 0 Å². The van der Waals surface area contributed by atoms with Gasteiger partial charge in [-0.05, 0) is 11.8 Å². The Morgan fingerprint density at radius 3 is 2.26 bits per heavy atom. The molecule has 18 nitrogen and oxygen atoms in total. The van der Waals surface area contributed by atoms with E-state index in [9.17, 15) is 14.6 Å². The first-order chi connectivity index (χ1) is 20.4. The molecule has 2 unspecified atom stereocenters. The fourth-order valence-corrected chi connectivity index (χ4v) is 8.81. The molecule has 2 bridgehead atoms. The summed E-state index contributed by atoms with van der Waals surface area (Å²) < 4.78 is 60.9. The minimum Gasteiger partial charge on any atom is -0.388 e. The van der Waals surface area contributed by atoms with Gasteiger partial charge in [-0.3, -0.25) is 13.6 Å². The van der Waals surface area contributed by atoms with Crippen LogP contribution in [0.5, 0.6) is 0 Å². The molecule has 2 saturated heterocycles. The van der Waals surface area contributed by atoms with E-state index in [2.05, 4.69) is 42.2 Å². The molecule has 3 fully saturated rings. The lowest BCUT2D eigenvalue weighted by Gasteiger charge is -2.30. The van der Waals surface area contributed by atoms with Crippen molar-refractivity contribution >= 4 is 71.5 Å². The maximum atomic E-state index is 16.0. The number of halogens is 1. The fraction of sp³-hybridized carbons (Fsp3) is 0.500. The molecule has 23 heteroatoms. The number of fused-ring (bicyclic) bond motifs is 5. The number of anilines is 2. The predicted octanol–water partition coefficient (Wildman–Crippen LogP) is 0.812. The van der Waals surface area contributed by atoms with Gasteiger partial charge in [0.1, 0.15) is 48.1 Å². The van der Waals surface area contributed by atoms with Gasteiger partial charge < -0.3 is 39.8 Å². The van der Waals surface area contributed by atoms with Crippen LogP contribution >= 0.6 is 25.8 Å². The van der Waals surface area contributed by atoms with Crippen molar-refractivity contribution in [1.29, 1.82) is 0 Å². The molecular formula is C20H23FN10O8P2S2. The first-order valence-electron chi connectivity index (χ1n) is 12.6. The zero-order valence-electron chi connectivity index (χ0n) is 21.5. The third kappa shape index (κ3) is 5.11. The fourth-order valence-electron chi connectivity index (χ4n) is 5.51. The molecule has 230 valence electrons. The number of aliphatic hydroxyl groups is 1. The van der Waals surface area contributed by atoms with Gasteiger partial charge in [-0.2, -0.15) is 0 Å². The minimum atomic E-state index is -4.40. The van der Waals surface area contributed by atoms with Gasteiger partial charge in [0.25, 0.3) is 0 Å². The van der Waals surface area contributed by atoms with Crippen LogP contribution < -0.4 is 11.5 Å². The van der Waals surface area contributed by atoms with Gasteiger partial charge in [-0.15, -0.1) is 0 Å². The summed E-state index contributed by atoms with van der Waals surface area (Å²) in [6.45, 7) is -9.08. The average Bonchev–Trinajstić information content (AvgIpc) is 3.70. The number of hydrogen-bond acceptors (Lipinski definition) is 16. The number of nitrogens with two attached hydrogens (primary N) is 2. The molecule has 4 aromatic heterocycles. The van der Waals surface area contributed by atoms with E-state index in [1.54, 1.807) is 0 Å². The quantitative estimate of drug-likeness (QED) is 0.146. The second kappa shape index (κ2) is 10.6. The van der Waals surface area contributed by atoms with Crippen molar-refractivity contribution in [3.05, 3.63) is 25.3 Å². The molecule has 6 heterocycles. The Bertz CT molecular complexity index is 1820. The molecule has 7 rings (SSSR count). The Morgan fingerprint density at radius 1 is 0.953 bits per heavy atom. The normalized spacial score (nSPS) is 38.6. The number of aromatic nitrogens is 8. The van der Waals surface area contributed by atoms with Crippen LogP contribution in [0.25, 0.3) is 22.3 Å². The lowest BCUT2D eigenvalue weighted by Crippen LogP contribution is -2.37. The predicted molar refractivity (Wildman–Crippen MR) is 152 cm³/mol. The SMILES string of the molecule is Nc1ncnc2c1ncn2[C@@H]1C[C@@H]2OP(=O)(S)O[C@H]3[C@H](F)[C@H](n4cnc5c(N)ncnc54)O[C@@H]3COP(O)(=S)O[C@@H]1[C@H]2O. The zero-order valence-corrected chi connectivity index (χ0v) is 25.0. The summed E-state index contributed by atoms with van der Waals surface area (Å²) >= 11 is 9.34. The Kier molecular flexibility index (Phi) is 7.22. The minimum absolute atomic E-state index is 0.0567. The van der Waals surface area contributed by atoms with Crippen molar-refractivity contribution in [3.8, 4) is 0 Å². The number of aliphatic hydroxyl groups excluding tert-OH is 1. The Morgan fingerprint density at radius 2 is 1.58 bits per heavy atom. The van der Waals surface area contributed by atoms with Crippen LogP contribution in [0.3, 0.4) is 0 Å². The highest BCUT2D eigenvalue weighted by molar-refractivity contribution is 8.44. The molecule has 0 amide bonds. The van der Waals surface area contributed by atoms with Crippen LogP contribution in [0.15, 0.2) is 25.3 Å². The van der Waals surface area contributed by atoms with Crippen LogP contribution in [-0.4, -0.2) is 92.3 Å². The number of nitrogen functional groups attached to an aromatic ring is 2. The van der Waals surface area contributed by atoms with E-state index in [1.165, 1.54) is 34.4 Å². The van der Waals surface area contributed by atoms with Gasteiger partial charge in [0, 0.05) is 6.42 Å². The molecule has 10 atom stereocenters. The van der Waals surface area contributed by atoms with Gasteiger partial charge in [0.15, 0.2) is 35.3 Å². The number of thiol groups is 1. The van der Waals surface area contributed by atoms with Crippen LogP contribution in [0.1, 0.15) is 18.7 Å². The second-order valence-electron chi connectivity index (χ2n) is 9.99. The number of alkyl halides is 1. The highest BCUT2D eigenvalue weighted by atomic mass is 32.7. The zero-order chi connectivity index (χ0) is 30.3. The van der Waals surface area contributed by atoms with Crippen molar-refractivity contribution in [2.45, 2.75) is 55.4 Å². The number of nitrogens with zero attached hydrogens (tertiary/aromatic N) is 8. The van der Waals surface area contributed by atoms with Gasteiger partial charge in [-0.25, -0.2) is 38.9 Å².